The Balaban J connectivity index is 1.33. The molecule has 1 aromatic carbocycles. The fourth-order valence-corrected chi connectivity index (χ4v) is 3.74. The van der Waals surface area contributed by atoms with E-state index < -0.39 is 5.82 Å². The highest BCUT2D eigenvalue weighted by Gasteiger charge is 2.13. The molecule has 0 amide bonds. The van der Waals surface area contributed by atoms with Crippen LogP contribution in [0.25, 0.3) is 0 Å². The van der Waals surface area contributed by atoms with Gasteiger partial charge in [0.2, 0.25) is 0 Å². The van der Waals surface area contributed by atoms with Gasteiger partial charge in [0, 0.05) is 25.4 Å². The van der Waals surface area contributed by atoms with Crippen molar-refractivity contribution in [1.82, 2.24) is 14.5 Å². The minimum absolute atomic E-state index is 0.138. The molecule has 3 aromatic rings. The van der Waals surface area contributed by atoms with Crippen molar-refractivity contribution in [2.75, 3.05) is 13.1 Å². The molecule has 1 aliphatic heterocycles. The lowest BCUT2D eigenvalue weighted by Gasteiger charge is -2.15. The van der Waals surface area contributed by atoms with Crippen molar-refractivity contribution in [2.24, 2.45) is 0 Å². The van der Waals surface area contributed by atoms with Gasteiger partial charge in [-0.1, -0.05) is 12.1 Å². The van der Waals surface area contributed by atoms with E-state index in [9.17, 15) is 13.6 Å². The number of benzene rings is 1. The average Bonchev–Trinajstić information content (AvgIpc) is 3.27. The molecule has 1 aliphatic rings. The third kappa shape index (κ3) is 5.76. The summed E-state index contributed by atoms with van der Waals surface area (Å²) in [5.74, 6) is -0.231. The highest BCUT2D eigenvalue weighted by atomic mass is 19.1. The first-order chi connectivity index (χ1) is 15.1. The predicted octanol–water partition coefficient (Wildman–Crippen LogP) is 3.94. The summed E-state index contributed by atoms with van der Waals surface area (Å²) in [6.07, 6.45) is 5.60. The summed E-state index contributed by atoms with van der Waals surface area (Å²) >= 11 is 0. The molecule has 0 atom stereocenters. The Kier molecular flexibility index (Phi) is 6.72. The molecule has 0 unspecified atom stereocenters. The number of ether oxygens (including phenoxy) is 1. The normalized spacial score (nSPS) is 14.1. The Morgan fingerprint density at radius 1 is 1.03 bits per heavy atom. The van der Waals surface area contributed by atoms with Crippen LogP contribution in [0.2, 0.25) is 0 Å². The van der Waals surface area contributed by atoms with Gasteiger partial charge in [0.15, 0.2) is 0 Å². The van der Waals surface area contributed by atoms with Gasteiger partial charge in [-0.3, -0.25) is 14.7 Å². The zero-order valence-corrected chi connectivity index (χ0v) is 17.3. The number of hydrogen-bond donors (Lipinski definition) is 0. The van der Waals surface area contributed by atoms with Crippen molar-refractivity contribution < 1.29 is 13.5 Å². The highest BCUT2D eigenvalue weighted by molar-refractivity contribution is 5.25. The molecule has 0 aliphatic carbocycles. The average molecular weight is 425 g/mol. The van der Waals surface area contributed by atoms with Crippen molar-refractivity contribution in [1.29, 1.82) is 0 Å². The molecular formula is C24H25F2N3O2. The molecular weight excluding hydrogens is 400 g/mol. The summed E-state index contributed by atoms with van der Waals surface area (Å²) in [5.41, 5.74) is 1.92. The number of aromatic nitrogens is 2. The van der Waals surface area contributed by atoms with Crippen molar-refractivity contribution in [3.05, 3.63) is 93.7 Å². The third-order valence-corrected chi connectivity index (χ3v) is 5.49. The molecule has 5 nitrogen and oxygen atoms in total. The lowest BCUT2D eigenvalue weighted by Crippen LogP contribution is -2.20. The topological polar surface area (TPSA) is 47.4 Å². The van der Waals surface area contributed by atoms with Crippen LogP contribution >= 0.6 is 0 Å². The van der Waals surface area contributed by atoms with Gasteiger partial charge in [0.1, 0.15) is 24.0 Å². The van der Waals surface area contributed by atoms with E-state index in [4.69, 9.17) is 4.74 Å². The smallest absolute Gasteiger partial charge is 0.254 e. The number of likely N-dealkylation sites (tertiary alicyclic amines) is 1. The van der Waals surface area contributed by atoms with Crippen LogP contribution in [-0.4, -0.2) is 27.5 Å². The van der Waals surface area contributed by atoms with Crippen LogP contribution in [0.15, 0.2) is 59.7 Å². The summed E-state index contributed by atoms with van der Waals surface area (Å²) in [6.45, 7) is 3.45. The summed E-state index contributed by atoms with van der Waals surface area (Å²) in [5, 5.41) is 0. The summed E-state index contributed by atoms with van der Waals surface area (Å²) in [4.78, 5) is 18.6. The minimum atomic E-state index is -0.413. The number of rotatable bonds is 8. The number of nitrogens with zero attached hydrogens (tertiary/aromatic N) is 3. The molecule has 162 valence electrons. The second kappa shape index (κ2) is 9.83. The quantitative estimate of drug-likeness (QED) is 0.549. The number of halogens is 2. The highest BCUT2D eigenvalue weighted by Crippen LogP contribution is 2.17. The second-order valence-electron chi connectivity index (χ2n) is 7.81. The molecule has 7 heteroatoms. The lowest BCUT2D eigenvalue weighted by molar-refractivity contribution is 0.299. The summed E-state index contributed by atoms with van der Waals surface area (Å²) in [7, 11) is 0. The molecule has 0 spiro atoms. The molecule has 0 N–H and O–H groups in total. The Morgan fingerprint density at radius 3 is 2.58 bits per heavy atom. The van der Waals surface area contributed by atoms with E-state index in [2.05, 4.69) is 9.88 Å². The van der Waals surface area contributed by atoms with Gasteiger partial charge in [0.25, 0.3) is 5.56 Å². The third-order valence-electron chi connectivity index (χ3n) is 5.49. The maximum Gasteiger partial charge on any atom is 0.254 e. The Hall–Kier alpha value is -3.06. The van der Waals surface area contributed by atoms with Gasteiger partial charge < -0.3 is 9.30 Å². The molecule has 1 fully saturated rings. The van der Waals surface area contributed by atoms with E-state index in [1.54, 1.807) is 18.3 Å². The first-order valence-electron chi connectivity index (χ1n) is 10.5. The van der Waals surface area contributed by atoms with Gasteiger partial charge >= 0.3 is 0 Å². The first kappa shape index (κ1) is 21.2. The van der Waals surface area contributed by atoms with E-state index in [-0.39, 0.29) is 18.0 Å². The molecule has 4 rings (SSSR count). The van der Waals surface area contributed by atoms with E-state index in [0.29, 0.717) is 30.0 Å². The van der Waals surface area contributed by atoms with Crippen LogP contribution in [0.1, 0.15) is 29.7 Å². The molecule has 31 heavy (non-hydrogen) atoms. The summed E-state index contributed by atoms with van der Waals surface area (Å²) in [6, 6.07) is 11.3. The lowest BCUT2D eigenvalue weighted by atomic mass is 10.1. The van der Waals surface area contributed by atoms with Crippen molar-refractivity contribution in [3.63, 3.8) is 0 Å². The zero-order chi connectivity index (χ0) is 21.6. The van der Waals surface area contributed by atoms with Crippen LogP contribution in [-0.2, 0) is 26.1 Å². The predicted molar refractivity (Wildman–Crippen MR) is 114 cm³/mol. The Morgan fingerprint density at radius 2 is 1.87 bits per heavy atom. The largest absolute Gasteiger partial charge is 0.487 e. The number of aryl methyl sites for hydroxylation is 2. The monoisotopic (exact) mass is 425 g/mol. The van der Waals surface area contributed by atoms with Crippen molar-refractivity contribution >= 4 is 0 Å². The summed E-state index contributed by atoms with van der Waals surface area (Å²) < 4.78 is 34.5. The van der Waals surface area contributed by atoms with Crippen LogP contribution in [0.3, 0.4) is 0 Å². The van der Waals surface area contributed by atoms with Crippen molar-refractivity contribution in [3.8, 4) is 5.75 Å². The Labute approximate surface area is 179 Å². The molecule has 0 saturated carbocycles. The number of pyridine rings is 2. The maximum atomic E-state index is 14.5. The van der Waals surface area contributed by atoms with Crippen molar-refractivity contribution in [2.45, 2.75) is 39.0 Å². The molecule has 2 aromatic heterocycles. The standard InChI is InChI=1S/C24H25F2N3O2/c25-20-5-6-21(27-15-20)17-31-22-8-12-29(24(30)14-22)11-7-19-4-3-18(13-23(19)26)16-28-9-1-2-10-28/h3-6,8,12-15H,1-2,7,9-11,16-17H2. The second-order valence-corrected chi connectivity index (χ2v) is 7.81. The zero-order valence-electron chi connectivity index (χ0n) is 17.3. The van der Waals surface area contributed by atoms with Crippen LogP contribution < -0.4 is 10.3 Å². The maximum absolute atomic E-state index is 14.5. The Bertz CT molecular complexity index is 1080. The van der Waals surface area contributed by atoms with E-state index in [0.717, 1.165) is 31.4 Å². The van der Waals surface area contributed by atoms with Gasteiger partial charge in [-0.15, -0.1) is 0 Å². The van der Waals surface area contributed by atoms with E-state index in [1.165, 1.54) is 35.6 Å². The fourth-order valence-electron chi connectivity index (χ4n) is 3.74. The fraction of sp³-hybridized carbons (Fsp3) is 0.333. The van der Waals surface area contributed by atoms with Crippen LogP contribution in [0.4, 0.5) is 8.78 Å². The van der Waals surface area contributed by atoms with E-state index in [1.807, 2.05) is 12.1 Å². The van der Waals surface area contributed by atoms with Crippen LogP contribution in [0, 0.1) is 11.6 Å². The van der Waals surface area contributed by atoms with Gasteiger partial charge in [-0.2, -0.15) is 0 Å². The molecule has 1 saturated heterocycles. The van der Waals surface area contributed by atoms with Crippen LogP contribution in [0.5, 0.6) is 5.75 Å². The SMILES string of the molecule is O=c1cc(OCc2ccc(F)cn2)ccn1CCc1ccc(CN2CCCC2)cc1F. The van der Waals surface area contributed by atoms with Gasteiger partial charge in [0.05, 0.1) is 11.9 Å². The number of hydrogen-bond acceptors (Lipinski definition) is 4. The molecule has 0 bridgehead atoms. The first-order valence-corrected chi connectivity index (χ1v) is 10.5. The van der Waals surface area contributed by atoms with Gasteiger partial charge in [-0.25, -0.2) is 8.78 Å². The minimum Gasteiger partial charge on any atom is -0.487 e. The molecule has 3 heterocycles. The van der Waals surface area contributed by atoms with E-state index >= 15 is 0 Å². The molecule has 0 radical (unpaired) electrons. The van der Waals surface area contributed by atoms with Gasteiger partial charge in [-0.05, 0) is 67.7 Å².